The summed E-state index contributed by atoms with van der Waals surface area (Å²) in [6.45, 7) is 0. The molecular weight excluding hydrogens is 115 g/mol. The van der Waals surface area contributed by atoms with Gasteiger partial charge in [0.25, 0.3) is 0 Å². The molecule has 0 heterocycles. The topological polar surface area (TPSA) is 122 Å². The van der Waals surface area contributed by atoms with E-state index in [1.807, 2.05) is 0 Å². The van der Waals surface area contributed by atoms with Crippen LogP contribution in [0.25, 0.3) is 0 Å². The molecule has 0 fully saturated rings. The summed E-state index contributed by atoms with van der Waals surface area (Å²) in [7, 11) is -4.94. The van der Waals surface area contributed by atoms with E-state index < -0.39 is 10.2 Å². The first kappa shape index (κ1) is 9.43. The zero-order chi connectivity index (χ0) is 4.50. The molecule has 0 aromatic rings. The van der Waals surface area contributed by atoms with Gasteiger partial charge in [0.2, 0.25) is 0 Å². The average molecular weight is 116 g/mol. The lowest BCUT2D eigenvalue weighted by Gasteiger charge is -2.17. The Labute approximate surface area is 35.5 Å². The fraction of sp³-hybridized carbons (Fsp3) is 0. The number of hydrogen-bond acceptors (Lipinski definition) is 5. The van der Waals surface area contributed by atoms with Crippen molar-refractivity contribution in [3.63, 3.8) is 0 Å². The largest absolute Gasteiger partial charge is 0.870 e. The van der Waals surface area contributed by atoms with Crippen LogP contribution in [-0.2, 0) is 0 Å². The molecule has 0 rings (SSSR count). The Morgan fingerprint density at radius 1 is 0.833 bits per heavy atom. The molecule has 0 aliphatic rings. The highest BCUT2D eigenvalue weighted by atomic mass is 35.7. The summed E-state index contributed by atoms with van der Waals surface area (Å²) >= 11 is 0. The van der Waals surface area contributed by atoms with Crippen molar-refractivity contribution in [3.05, 3.63) is 0 Å². The standard InChI is InChI=1S/ClHO4.H2O/c2-1(3,4)5;/h(H,2,3,4,5);1H2/p-2. The first-order valence-electron chi connectivity index (χ1n) is 0.617. The van der Waals surface area contributed by atoms with Gasteiger partial charge in [-0.1, -0.05) is 0 Å². The number of halogens is 1. The highest BCUT2D eigenvalue weighted by Crippen LogP contribution is 1.49. The Balaban J connectivity index is 0. The Morgan fingerprint density at radius 3 is 0.833 bits per heavy atom. The van der Waals surface area contributed by atoms with E-state index in [4.69, 9.17) is 18.6 Å². The van der Waals surface area contributed by atoms with E-state index in [1.54, 1.807) is 0 Å². The molecule has 0 atom stereocenters. The Hall–Kier alpha value is 0.0900. The van der Waals surface area contributed by atoms with Crippen LogP contribution in [0.5, 0.6) is 0 Å². The molecule has 0 amide bonds. The molecule has 0 aliphatic heterocycles. The van der Waals surface area contributed by atoms with Crippen LogP contribution in [0.15, 0.2) is 0 Å². The van der Waals surface area contributed by atoms with E-state index in [0.717, 1.165) is 0 Å². The van der Waals surface area contributed by atoms with Crippen LogP contribution in [0.2, 0.25) is 0 Å². The molecule has 0 aromatic heterocycles. The summed E-state index contributed by atoms with van der Waals surface area (Å²) in [5, 5.41) is 0. The predicted molar refractivity (Wildman–Crippen MR) is 1.94 cm³/mol. The second kappa shape index (κ2) is 2.30. The average Bonchev–Trinajstić information content (AvgIpc) is 0.722. The van der Waals surface area contributed by atoms with Crippen LogP contribution in [-0.4, -0.2) is 5.48 Å². The third kappa shape index (κ3) is 4820. The molecule has 1 N–H and O–H groups in total. The van der Waals surface area contributed by atoms with Crippen molar-refractivity contribution in [3.8, 4) is 0 Å². The van der Waals surface area contributed by atoms with Crippen molar-refractivity contribution >= 4 is 0 Å². The van der Waals surface area contributed by atoms with Gasteiger partial charge in [0.05, 0.1) is 0 Å². The third-order valence-electron chi connectivity index (χ3n) is 0. The number of hydrogen-bond donors (Lipinski definition) is 0. The third-order valence-corrected chi connectivity index (χ3v) is 0. The quantitative estimate of drug-likeness (QED) is 0.314. The molecule has 40 valence electrons. The molecule has 0 radical (unpaired) electrons. The zero-order valence-electron chi connectivity index (χ0n) is 2.46. The highest BCUT2D eigenvalue weighted by Gasteiger charge is 1.84. The van der Waals surface area contributed by atoms with E-state index in [1.165, 1.54) is 0 Å². The van der Waals surface area contributed by atoms with Crippen LogP contribution in [0.1, 0.15) is 0 Å². The SMILES string of the molecule is [O-][Cl+3]([O-])([O-])[O-].[OH-]. The Kier molecular flexibility index (Phi) is 3.61. The smallest absolute Gasteiger partial charge is 0.112 e. The maximum absolute atomic E-state index is 8.49. The monoisotopic (exact) mass is 116 g/mol. The minimum Gasteiger partial charge on any atom is -0.870 e. The van der Waals surface area contributed by atoms with Gasteiger partial charge >= 0.3 is 0 Å². The van der Waals surface area contributed by atoms with Gasteiger partial charge in [-0.2, -0.15) is 0 Å². The Bertz CT molecular complexity index is 19.4. The Morgan fingerprint density at radius 2 is 0.833 bits per heavy atom. The van der Waals surface area contributed by atoms with Crippen LogP contribution >= 0.6 is 0 Å². The molecule has 0 saturated heterocycles. The molecule has 0 aromatic carbocycles. The van der Waals surface area contributed by atoms with Crippen molar-refractivity contribution in [2.45, 2.75) is 0 Å². The molecular formula is HClO5-2. The minimum atomic E-state index is -4.94. The van der Waals surface area contributed by atoms with E-state index in [9.17, 15) is 0 Å². The highest BCUT2D eigenvalue weighted by molar-refractivity contribution is 2.00. The van der Waals surface area contributed by atoms with Gasteiger partial charge in [0.15, 0.2) is 0 Å². The predicted octanol–water partition coefficient (Wildman–Crippen LogP) is -4.93. The summed E-state index contributed by atoms with van der Waals surface area (Å²) in [5.74, 6) is 0. The van der Waals surface area contributed by atoms with Gasteiger partial charge in [0.1, 0.15) is 0 Å². The molecule has 0 saturated carbocycles. The fourth-order valence-corrected chi connectivity index (χ4v) is 0. The van der Waals surface area contributed by atoms with Gasteiger partial charge in [-0.05, 0) is 0 Å². The molecule has 5 nitrogen and oxygen atoms in total. The molecule has 0 spiro atoms. The van der Waals surface area contributed by atoms with E-state index in [0.29, 0.717) is 0 Å². The summed E-state index contributed by atoms with van der Waals surface area (Å²) in [4.78, 5) is 0. The first-order chi connectivity index (χ1) is 2.00. The van der Waals surface area contributed by atoms with E-state index >= 15 is 0 Å². The van der Waals surface area contributed by atoms with Crippen molar-refractivity contribution < 1.29 is 34.4 Å². The lowest BCUT2D eigenvalue weighted by Crippen LogP contribution is -2.68. The maximum atomic E-state index is 8.49. The molecule has 6 heavy (non-hydrogen) atoms. The van der Waals surface area contributed by atoms with Gasteiger partial charge in [0, 0.05) is 0 Å². The second-order valence-corrected chi connectivity index (χ2v) is 1.13. The fourth-order valence-electron chi connectivity index (χ4n) is 0. The summed E-state index contributed by atoms with van der Waals surface area (Å²) in [6.07, 6.45) is 0. The summed E-state index contributed by atoms with van der Waals surface area (Å²) in [6, 6.07) is 0. The van der Waals surface area contributed by atoms with Crippen molar-refractivity contribution in [2.24, 2.45) is 0 Å². The lowest BCUT2D eigenvalue weighted by atomic mass is 15.8. The molecule has 6 heteroatoms. The maximum Gasteiger partial charge on any atom is -0.112 e. The van der Waals surface area contributed by atoms with Crippen LogP contribution in [0.3, 0.4) is 0 Å². The normalized spacial score (nSPS) is 10.0. The van der Waals surface area contributed by atoms with Gasteiger partial charge in [-0.3, -0.25) is 0 Å². The summed E-state index contributed by atoms with van der Waals surface area (Å²) in [5.41, 5.74) is 0. The van der Waals surface area contributed by atoms with E-state index in [2.05, 4.69) is 0 Å². The van der Waals surface area contributed by atoms with Gasteiger partial charge < -0.3 is 5.48 Å². The summed E-state index contributed by atoms with van der Waals surface area (Å²) < 4.78 is 34.0. The van der Waals surface area contributed by atoms with Crippen LogP contribution in [0, 0.1) is 10.2 Å². The van der Waals surface area contributed by atoms with E-state index in [-0.39, 0.29) is 5.48 Å². The van der Waals surface area contributed by atoms with Crippen LogP contribution in [0.4, 0.5) is 0 Å². The molecule has 0 unspecified atom stereocenters. The minimum absolute atomic E-state index is 0. The second-order valence-electron chi connectivity index (χ2n) is 0.378. The molecule has 0 aliphatic carbocycles. The van der Waals surface area contributed by atoms with Crippen molar-refractivity contribution in [1.82, 2.24) is 0 Å². The number of rotatable bonds is 0. The van der Waals surface area contributed by atoms with Gasteiger partial charge in [-0.25, -0.2) is 18.6 Å². The van der Waals surface area contributed by atoms with Gasteiger partial charge in [-0.15, -0.1) is 10.2 Å². The van der Waals surface area contributed by atoms with Crippen molar-refractivity contribution in [1.29, 1.82) is 0 Å². The van der Waals surface area contributed by atoms with Crippen LogP contribution < -0.4 is 18.6 Å². The first-order valence-corrected chi connectivity index (χ1v) is 1.85. The zero-order valence-corrected chi connectivity index (χ0v) is 3.21. The van der Waals surface area contributed by atoms with Crippen molar-refractivity contribution in [2.75, 3.05) is 0 Å². The lowest BCUT2D eigenvalue weighted by molar-refractivity contribution is -2.00. The molecule has 0 bridgehead atoms.